The van der Waals surface area contributed by atoms with Crippen LogP contribution in [0.1, 0.15) is 31.5 Å². The van der Waals surface area contributed by atoms with E-state index in [4.69, 9.17) is 21.6 Å². The van der Waals surface area contributed by atoms with Crippen molar-refractivity contribution in [3.8, 4) is 11.9 Å². The lowest BCUT2D eigenvalue weighted by molar-refractivity contribution is -0.0929. The molecule has 0 saturated carbocycles. The van der Waals surface area contributed by atoms with Crippen LogP contribution in [0.2, 0.25) is 0 Å². The van der Waals surface area contributed by atoms with E-state index in [0.717, 1.165) is 11.6 Å². The molecule has 0 aromatic carbocycles. The van der Waals surface area contributed by atoms with Crippen LogP contribution in [0, 0.1) is 17.1 Å². The molecule has 5 N–H and O–H groups in total. The Morgan fingerprint density at radius 2 is 2.07 bits per heavy atom. The highest BCUT2D eigenvalue weighted by Crippen LogP contribution is 2.32. The first kappa shape index (κ1) is 30.9. The summed E-state index contributed by atoms with van der Waals surface area (Å²) < 4.78 is 60.6. The summed E-state index contributed by atoms with van der Waals surface area (Å²) in [5.74, 6) is 5.40. The van der Waals surface area contributed by atoms with Crippen LogP contribution in [0.5, 0.6) is 5.88 Å². The topological polar surface area (TPSA) is 142 Å². The first-order valence-electron chi connectivity index (χ1n) is 12.4. The minimum Gasteiger partial charge on any atom is -0.473 e. The molecule has 0 radical (unpaired) electrons. The number of anilines is 2. The standard InChI is InChI=1S/C27H31F4N9O/c1-4-5-20(12-18(6-8-32)27(29,30)31)39-10-7-21-23(15-39)36-17-37-24(21)38-19-13-22(28)25(35-14-19)41-16-26(2,3)40(34)11-9-33/h4-5,9,11-14,17H,1,6-7,10,15-16,33-34H2,2-3H3,(H,36,37,38)/b11-9-,18-12+,20-5+. The van der Waals surface area contributed by atoms with Crippen molar-refractivity contribution in [2.24, 2.45) is 11.6 Å². The van der Waals surface area contributed by atoms with Crippen molar-refractivity contribution in [3.63, 3.8) is 0 Å². The van der Waals surface area contributed by atoms with Crippen molar-refractivity contribution >= 4 is 11.5 Å². The zero-order valence-corrected chi connectivity index (χ0v) is 22.6. The third-order valence-corrected chi connectivity index (χ3v) is 6.19. The van der Waals surface area contributed by atoms with E-state index in [1.165, 1.54) is 48.2 Å². The Morgan fingerprint density at radius 1 is 1.32 bits per heavy atom. The summed E-state index contributed by atoms with van der Waals surface area (Å²) in [6, 6.07) is 2.77. The van der Waals surface area contributed by atoms with Gasteiger partial charge >= 0.3 is 6.18 Å². The first-order valence-corrected chi connectivity index (χ1v) is 12.4. The van der Waals surface area contributed by atoms with E-state index < -0.39 is 29.5 Å². The molecule has 0 atom stereocenters. The fourth-order valence-corrected chi connectivity index (χ4v) is 3.90. The zero-order chi connectivity index (χ0) is 30.2. The van der Waals surface area contributed by atoms with Gasteiger partial charge in [0.15, 0.2) is 5.82 Å². The molecule has 3 rings (SSSR count). The number of rotatable bonds is 11. The summed E-state index contributed by atoms with van der Waals surface area (Å²) >= 11 is 0. The van der Waals surface area contributed by atoms with E-state index in [-0.39, 0.29) is 24.7 Å². The summed E-state index contributed by atoms with van der Waals surface area (Å²) in [5.41, 5.74) is 5.59. The second kappa shape index (κ2) is 13.1. The Balaban J connectivity index is 1.77. The largest absolute Gasteiger partial charge is 0.473 e. The predicted octanol–water partition coefficient (Wildman–Crippen LogP) is 4.35. The maximum atomic E-state index is 14.8. The molecule has 0 saturated heterocycles. The van der Waals surface area contributed by atoms with Gasteiger partial charge in [-0.1, -0.05) is 12.7 Å². The highest BCUT2D eigenvalue weighted by molar-refractivity contribution is 5.60. The Labute approximate surface area is 235 Å². The molecule has 0 unspecified atom stereocenters. The van der Waals surface area contributed by atoms with Gasteiger partial charge in [0, 0.05) is 41.8 Å². The minimum atomic E-state index is -4.64. The Kier molecular flexibility index (Phi) is 9.90. The molecule has 2 aromatic rings. The number of nitrogens with two attached hydrogens (primary N) is 2. The SMILES string of the molecule is C=C/C=C(\C=C(/CC#N)C(F)(F)F)N1CCc2c(ncnc2Nc2cnc(OCC(C)(C)N(N)/C=C\N)c(F)c2)C1. The maximum absolute atomic E-state index is 14.8. The summed E-state index contributed by atoms with van der Waals surface area (Å²) in [6.07, 6.45) is 4.20. The smallest absolute Gasteiger partial charge is 0.413 e. The summed E-state index contributed by atoms with van der Waals surface area (Å²) in [5, 5.41) is 13.2. The van der Waals surface area contributed by atoms with Crippen LogP contribution in [-0.2, 0) is 13.0 Å². The van der Waals surface area contributed by atoms with E-state index in [1.807, 2.05) is 0 Å². The first-order chi connectivity index (χ1) is 19.4. The van der Waals surface area contributed by atoms with E-state index >= 15 is 0 Å². The summed E-state index contributed by atoms with van der Waals surface area (Å²) in [7, 11) is 0. The minimum absolute atomic E-state index is 0.0267. The lowest BCUT2D eigenvalue weighted by Gasteiger charge is -2.33. The van der Waals surface area contributed by atoms with Gasteiger partial charge in [-0.2, -0.15) is 18.4 Å². The van der Waals surface area contributed by atoms with Gasteiger partial charge < -0.3 is 25.7 Å². The van der Waals surface area contributed by atoms with E-state index in [1.54, 1.807) is 24.8 Å². The molecule has 2 aromatic heterocycles. The van der Waals surface area contributed by atoms with E-state index in [9.17, 15) is 17.6 Å². The number of halogens is 4. The van der Waals surface area contributed by atoms with Gasteiger partial charge in [-0.05, 0) is 32.4 Å². The molecule has 1 aliphatic heterocycles. The van der Waals surface area contributed by atoms with Crippen LogP contribution >= 0.6 is 0 Å². The van der Waals surface area contributed by atoms with Gasteiger partial charge in [-0.25, -0.2) is 25.2 Å². The van der Waals surface area contributed by atoms with Crippen molar-refractivity contribution in [1.29, 1.82) is 5.26 Å². The number of alkyl halides is 3. The van der Waals surface area contributed by atoms with Crippen LogP contribution in [0.25, 0.3) is 0 Å². The van der Waals surface area contributed by atoms with Crippen molar-refractivity contribution in [2.75, 3.05) is 18.5 Å². The quantitative estimate of drug-likeness (QED) is 0.154. The zero-order valence-electron chi connectivity index (χ0n) is 22.6. The number of pyridine rings is 1. The number of nitrogens with one attached hydrogen (secondary N) is 1. The maximum Gasteiger partial charge on any atom is 0.413 e. The van der Waals surface area contributed by atoms with Crippen LogP contribution in [0.3, 0.4) is 0 Å². The monoisotopic (exact) mass is 573 g/mol. The normalized spacial score (nSPS) is 14.4. The van der Waals surface area contributed by atoms with Crippen LogP contribution in [0.4, 0.5) is 29.1 Å². The molecule has 0 amide bonds. The van der Waals surface area contributed by atoms with Crippen LogP contribution in [-0.4, -0.2) is 49.7 Å². The molecule has 3 heterocycles. The van der Waals surface area contributed by atoms with Gasteiger partial charge in [-0.3, -0.25) is 0 Å². The fourth-order valence-electron chi connectivity index (χ4n) is 3.90. The molecule has 10 nitrogen and oxygen atoms in total. The number of nitriles is 1. The molecule has 0 spiro atoms. The van der Waals surface area contributed by atoms with Crippen LogP contribution in [0.15, 0.2) is 67.1 Å². The Morgan fingerprint density at radius 3 is 2.71 bits per heavy atom. The van der Waals surface area contributed by atoms with E-state index in [2.05, 4.69) is 26.8 Å². The number of hydrogen-bond donors (Lipinski definition) is 3. The van der Waals surface area contributed by atoms with E-state index in [0.29, 0.717) is 30.2 Å². The number of fused-ring (bicyclic) bond motifs is 1. The molecule has 0 bridgehead atoms. The molecular weight excluding hydrogens is 542 g/mol. The summed E-state index contributed by atoms with van der Waals surface area (Å²) in [6.45, 7) is 7.72. The van der Waals surface area contributed by atoms with Crippen molar-refractivity contribution < 1.29 is 22.3 Å². The van der Waals surface area contributed by atoms with Gasteiger partial charge in [0.2, 0.25) is 0 Å². The molecular formula is C27H31F4N9O. The molecule has 14 heteroatoms. The van der Waals surface area contributed by atoms with Gasteiger partial charge in [-0.15, -0.1) is 0 Å². The summed E-state index contributed by atoms with van der Waals surface area (Å²) in [4.78, 5) is 14.4. The number of hydrazine groups is 1. The predicted molar refractivity (Wildman–Crippen MR) is 145 cm³/mol. The third-order valence-electron chi connectivity index (χ3n) is 6.19. The highest BCUT2D eigenvalue weighted by atomic mass is 19.4. The average Bonchev–Trinajstić information content (AvgIpc) is 2.91. The number of ether oxygens (including phenoxy) is 1. The molecule has 218 valence electrons. The number of aromatic nitrogens is 3. The lowest BCUT2D eigenvalue weighted by atomic mass is 10.0. The van der Waals surface area contributed by atoms with Gasteiger partial charge in [0.05, 0.1) is 42.2 Å². The van der Waals surface area contributed by atoms with Crippen LogP contribution < -0.4 is 21.6 Å². The Bertz CT molecular complexity index is 1380. The number of hydrogen-bond acceptors (Lipinski definition) is 10. The fraction of sp³-hybridized carbons (Fsp3) is 0.333. The van der Waals surface area contributed by atoms with Crippen molar-refractivity contribution in [1.82, 2.24) is 24.9 Å². The molecule has 0 aliphatic carbocycles. The molecule has 41 heavy (non-hydrogen) atoms. The number of nitrogens with zero attached hydrogens (tertiary/aromatic N) is 6. The molecule has 0 fully saturated rings. The second-order valence-corrected chi connectivity index (χ2v) is 9.63. The Hall–Kier alpha value is -4.64. The van der Waals surface area contributed by atoms with Crippen molar-refractivity contribution in [3.05, 3.63) is 84.1 Å². The van der Waals surface area contributed by atoms with Gasteiger partial charge in [0.1, 0.15) is 18.8 Å². The molecule has 1 aliphatic rings. The second-order valence-electron chi connectivity index (χ2n) is 9.63. The van der Waals surface area contributed by atoms with Crippen molar-refractivity contribution in [2.45, 2.75) is 44.9 Å². The highest BCUT2D eigenvalue weighted by Gasteiger charge is 2.34. The average molecular weight is 574 g/mol. The lowest BCUT2D eigenvalue weighted by Crippen LogP contribution is -2.49. The van der Waals surface area contributed by atoms with Gasteiger partial charge in [0.25, 0.3) is 5.88 Å². The number of allylic oxidation sites excluding steroid dienone is 4. The third kappa shape index (κ3) is 7.95.